The molecule has 2 aromatic rings. The number of hydrogen-bond donors (Lipinski definition) is 3. The maximum absolute atomic E-state index is 13.6. The average Bonchev–Trinajstić information content (AvgIpc) is 3.43. The zero-order valence-electron chi connectivity index (χ0n) is 25.0. The molecule has 1 spiro atoms. The number of anilines is 1. The lowest BCUT2D eigenvalue weighted by Gasteiger charge is -2.38. The minimum Gasteiger partial charge on any atom is -0.491 e. The normalized spacial score (nSPS) is 21.2. The Balaban J connectivity index is 1.10. The van der Waals surface area contributed by atoms with Crippen LogP contribution in [0.2, 0.25) is 0 Å². The number of piperidine rings is 1. The summed E-state index contributed by atoms with van der Waals surface area (Å²) in [4.78, 5) is 6.54. The molecule has 1 aromatic carbocycles. The molecule has 3 N–H and O–H groups in total. The molecule has 14 nitrogen and oxygen atoms in total. The highest BCUT2D eigenvalue weighted by atomic mass is 32.2. The van der Waals surface area contributed by atoms with Gasteiger partial charge in [-0.05, 0) is 44.5 Å². The first-order valence-corrected chi connectivity index (χ1v) is 17.6. The number of methoxy groups -OCH3 is 1. The molecule has 0 aliphatic carbocycles. The number of rotatable bonds is 13. The van der Waals surface area contributed by atoms with E-state index in [-0.39, 0.29) is 29.0 Å². The second-order valence-electron chi connectivity index (χ2n) is 11.2. The van der Waals surface area contributed by atoms with Crippen LogP contribution in [0.15, 0.2) is 46.3 Å². The minimum atomic E-state index is -3.76. The van der Waals surface area contributed by atoms with Crippen LogP contribution in [0.1, 0.15) is 19.3 Å². The van der Waals surface area contributed by atoms with Gasteiger partial charge in [0.05, 0.1) is 36.5 Å². The Morgan fingerprint density at radius 2 is 1.95 bits per heavy atom. The van der Waals surface area contributed by atoms with Gasteiger partial charge in [-0.25, -0.2) is 26.5 Å². The lowest BCUT2D eigenvalue weighted by atomic mass is 9.88. The highest BCUT2D eigenvalue weighted by Gasteiger charge is 2.45. The molecule has 0 unspecified atom stereocenters. The number of fused-ring (bicyclic) bond motifs is 1. The summed E-state index contributed by atoms with van der Waals surface area (Å²) in [5.74, 6) is 0.765. The molecule has 5 rings (SSSR count). The highest BCUT2D eigenvalue weighted by molar-refractivity contribution is 7.89. The molecular weight excluding hydrogens is 614 g/mol. The Hall–Kier alpha value is -2.57. The predicted octanol–water partition coefficient (Wildman–Crippen LogP) is 0.177. The van der Waals surface area contributed by atoms with Crippen LogP contribution < -0.4 is 24.4 Å². The first kappa shape index (κ1) is 32.8. The van der Waals surface area contributed by atoms with E-state index >= 15 is 0 Å². The molecular formula is C28H41N5O9S2. The number of nitrogens with zero attached hydrogens (tertiary/aromatic N) is 3. The molecule has 3 aliphatic heterocycles. The van der Waals surface area contributed by atoms with Gasteiger partial charge in [-0.1, -0.05) is 6.07 Å². The summed E-state index contributed by atoms with van der Waals surface area (Å²) in [5.41, 5.74) is 0.224. The van der Waals surface area contributed by atoms with Crippen molar-refractivity contribution in [2.75, 3.05) is 78.2 Å². The maximum Gasteiger partial charge on any atom is 0.244 e. The number of pyridine rings is 1. The van der Waals surface area contributed by atoms with Crippen molar-refractivity contribution in [1.82, 2.24) is 19.3 Å². The Morgan fingerprint density at radius 3 is 2.70 bits per heavy atom. The molecule has 0 radical (unpaired) electrons. The largest absolute Gasteiger partial charge is 0.491 e. The summed E-state index contributed by atoms with van der Waals surface area (Å²) in [5, 5.41) is 13.8. The van der Waals surface area contributed by atoms with Crippen LogP contribution in [0.3, 0.4) is 0 Å². The van der Waals surface area contributed by atoms with E-state index in [1.165, 1.54) is 29.7 Å². The molecule has 0 saturated carbocycles. The summed E-state index contributed by atoms with van der Waals surface area (Å²) in [6, 6.07) is 7.71. The fourth-order valence-corrected chi connectivity index (χ4v) is 7.89. The van der Waals surface area contributed by atoms with Crippen LogP contribution in [0.25, 0.3) is 0 Å². The van der Waals surface area contributed by atoms with Gasteiger partial charge in [0.15, 0.2) is 0 Å². The topological polar surface area (TPSA) is 169 Å². The second kappa shape index (κ2) is 13.8. The van der Waals surface area contributed by atoms with Crippen molar-refractivity contribution < 1.29 is 40.9 Å². The molecule has 4 heterocycles. The number of ether oxygens (including phenoxy) is 4. The molecule has 2 atom stereocenters. The zero-order chi connectivity index (χ0) is 31.4. The average molecular weight is 656 g/mol. The predicted molar refractivity (Wildman–Crippen MR) is 161 cm³/mol. The van der Waals surface area contributed by atoms with Crippen molar-refractivity contribution in [3.05, 3.63) is 36.5 Å². The number of aliphatic hydroxyl groups excluding tert-OH is 1. The van der Waals surface area contributed by atoms with Gasteiger partial charge in [0.25, 0.3) is 0 Å². The zero-order valence-corrected chi connectivity index (χ0v) is 26.6. The maximum atomic E-state index is 13.6. The molecule has 2 saturated heterocycles. The van der Waals surface area contributed by atoms with Crippen LogP contribution in [0, 0.1) is 0 Å². The molecule has 1 aromatic heterocycles. The molecule has 2 fully saturated rings. The van der Waals surface area contributed by atoms with E-state index in [0.29, 0.717) is 82.6 Å². The first-order valence-electron chi connectivity index (χ1n) is 14.6. The summed E-state index contributed by atoms with van der Waals surface area (Å²) in [6.07, 6.45) is 2.35. The Bertz CT molecular complexity index is 1500. The molecule has 0 bridgehead atoms. The van der Waals surface area contributed by atoms with E-state index in [0.717, 1.165) is 0 Å². The van der Waals surface area contributed by atoms with Gasteiger partial charge in [-0.3, -0.25) is 0 Å². The van der Waals surface area contributed by atoms with Crippen LogP contribution in [0.4, 0.5) is 5.69 Å². The smallest absolute Gasteiger partial charge is 0.244 e. The first-order chi connectivity index (χ1) is 21.0. The fourth-order valence-electron chi connectivity index (χ4n) is 5.72. The number of benzene rings is 1. The van der Waals surface area contributed by atoms with Gasteiger partial charge in [0, 0.05) is 45.4 Å². The third-order valence-corrected chi connectivity index (χ3v) is 11.5. The van der Waals surface area contributed by atoms with Crippen molar-refractivity contribution in [3.63, 3.8) is 0 Å². The number of aliphatic hydroxyl groups is 1. The molecule has 3 aliphatic rings. The molecule has 16 heteroatoms. The van der Waals surface area contributed by atoms with Gasteiger partial charge in [-0.2, -0.15) is 4.31 Å². The van der Waals surface area contributed by atoms with Crippen LogP contribution >= 0.6 is 0 Å². The van der Waals surface area contributed by atoms with Gasteiger partial charge in [0.2, 0.25) is 25.9 Å². The van der Waals surface area contributed by atoms with Crippen molar-refractivity contribution >= 4 is 25.7 Å². The van der Waals surface area contributed by atoms with Gasteiger partial charge < -0.3 is 34.3 Å². The van der Waals surface area contributed by atoms with E-state index < -0.39 is 31.8 Å². The lowest BCUT2D eigenvalue weighted by molar-refractivity contribution is -0.0312. The number of sulfonamides is 2. The standard InChI is InChI=1S/C28H41N5O9S2/c1-29-43(35,36)24-5-3-4-23(14-24)41-20-22(34)17-30-21-16-28(42-19-21)6-8-33(9-7-28)44(37,38)25-15-26-27(31-18-25)40-13-11-32(26)10-12-39-2/h3-5,14-15,18,21-22,29-30,34H,6-13,16-17,19-20H2,1-2H3/t21-,22+/m1/s1. The van der Waals surface area contributed by atoms with E-state index in [9.17, 15) is 21.9 Å². The van der Waals surface area contributed by atoms with Gasteiger partial charge in [-0.15, -0.1) is 0 Å². The van der Waals surface area contributed by atoms with Crippen LogP contribution in [-0.2, 0) is 29.5 Å². The summed E-state index contributed by atoms with van der Waals surface area (Å²) in [7, 11) is -4.39. The second-order valence-corrected chi connectivity index (χ2v) is 15.0. The van der Waals surface area contributed by atoms with E-state index in [2.05, 4.69) is 15.0 Å². The van der Waals surface area contributed by atoms with E-state index in [4.69, 9.17) is 18.9 Å². The van der Waals surface area contributed by atoms with Crippen LogP contribution in [0.5, 0.6) is 11.6 Å². The van der Waals surface area contributed by atoms with Gasteiger partial charge >= 0.3 is 0 Å². The molecule has 0 amide bonds. The van der Waals surface area contributed by atoms with Crippen LogP contribution in [-0.4, -0.2) is 122 Å². The fraction of sp³-hybridized carbons (Fsp3) is 0.607. The SMILES string of the molecule is CNS(=O)(=O)c1cccc(OC[C@@H](O)CN[C@H]2COC3(CCN(S(=O)(=O)c4cnc5c(c4)N(CCOC)CCO5)CC3)C2)c1. The number of hydrogen-bond acceptors (Lipinski definition) is 12. The van der Waals surface area contributed by atoms with Gasteiger partial charge in [0.1, 0.15) is 35.7 Å². The van der Waals surface area contributed by atoms with Crippen molar-refractivity contribution in [3.8, 4) is 11.6 Å². The third-order valence-electron chi connectivity index (χ3n) is 8.26. The lowest BCUT2D eigenvalue weighted by Crippen LogP contribution is -2.47. The summed E-state index contributed by atoms with van der Waals surface area (Å²) in [6.45, 7) is 3.57. The number of aromatic nitrogens is 1. The Kier molecular flexibility index (Phi) is 10.3. The summed E-state index contributed by atoms with van der Waals surface area (Å²) < 4.78 is 77.5. The quantitative estimate of drug-likeness (QED) is 0.268. The monoisotopic (exact) mass is 655 g/mol. The Morgan fingerprint density at radius 1 is 1.16 bits per heavy atom. The molecule has 244 valence electrons. The molecule has 44 heavy (non-hydrogen) atoms. The minimum absolute atomic E-state index is 0.000152. The third kappa shape index (κ3) is 7.45. The summed E-state index contributed by atoms with van der Waals surface area (Å²) >= 11 is 0. The Labute approximate surface area is 258 Å². The van der Waals surface area contributed by atoms with Crippen molar-refractivity contribution in [2.45, 2.75) is 46.8 Å². The van der Waals surface area contributed by atoms with E-state index in [1.807, 2.05) is 4.90 Å². The number of nitrogens with one attached hydrogen (secondary N) is 2. The highest BCUT2D eigenvalue weighted by Crippen LogP contribution is 2.38. The van der Waals surface area contributed by atoms with E-state index in [1.54, 1.807) is 25.3 Å². The van der Waals surface area contributed by atoms with Crippen molar-refractivity contribution in [1.29, 1.82) is 0 Å². The van der Waals surface area contributed by atoms with Crippen molar-refractivity contribution in [2.24, 2.45) is 0 Å².